The zero-order valence-corrected chi connectivity index (χ0v) is 20.4. The van der Waals surface area contributed by atoms with Crippen LogP contribution in [0.2, 0.25) is 0 Å². The highest BCUT2D eigenvalue weighted by Gasteiger charge is 2.25. The minimum Gasteiger partial charge on any atom is -0.398 e. The standard InChI is InChI=1S/C28H26FN5O2/c1-28(2,3)27-33-26(36-34-27)24(35)11-10-16-8-9-17(14-21(16)29)18-12-13-31-25-20(18)15-23(32-25)19-6-4-5-7-22(19)30/h4-9,12-14H,10-11,15,30H2,1-3H3. The lowest BCUT2D eigenvalue weighted by molar-refractivity contribution is 0.0940. The van der Waals surface area contributed by atoms with Gasteiger partial charge >= 0.3 is 0 Å². The van der Waals surface area contributed by atoms with Crippen molar-refractivity contribution in [3.8, 4) is 11.1 Å². The van der Waals surface area contributed by atoms with Gasteiger partial charge in [0, 0.05) is 41.3 Å². The van der Waals surface area contributed by atoms with Gasteiger partial charge in [-0.2, -0.15) is 4.98 Å². The highest BCUT2D eigenvalue weighted by molar-refractivity contribution is 6.10. The molecule has 0 saturated carbocycles. The van der Waals surface area contributed by atoms with E-state index in [1.807, 2.05) is 57.2 Å². The summed E-state index contributed by atoms with van der Waals surface area (Å²) < 4.78 is 20.2. The smallest absolute Gasteiger partial charge is 0.294 e. The number of benzene rings is 2. The van der Waals surface area contributed by atoms with E-state index in [4.69, 9.17) is 10.3 Å². The Kier molecular flexibility index (Phi) is 5.96. The lowest BCUT2D eigenvalue weighted by atomic mass is 9.95. The minimum absolute atomic E-state index is 0.0424. The van der Waals surface area contributed by atoms with Gasteiger partial charge in [0.15, 0.2) is 11.6 Å². The maximum atomic E-state index is 15.1. The Hall–Kier alpha value is -4.20. The van der Waals surface area contributed by atoms with Crippen molar-refractivity contribution in [1.82, 2.24) is 15.1 Å². The van der Waals surface area contributed by atoms with Crippen LogP contribution in [-0.2, 0) is 18.3 Å². The minimum atomic E-state index is -0.377. The number of para-hydroxylation sites is 1. The van der Waals surface area contributed by atoms with Crippen LogP contribution in [0.4, 0.5) is 15.9 Å². The molecule has 2 N–H and O–H groups in total. The number of nitrogen functional groups attached to an aromatic ring is 1. The molecule has 1 aliphatic heterocycles. The molecule has 0 atom stereocenters. The Morgan fingerprint density at radius 3 is 2.64 bits per heavy atom. The van der Waals surface area contributed by atoms with E-state index in [1.54, 1.807) is 12.3 Å². The van der Waals surface area contributed by atoms with Gasteiger partial charge in [0.2, 0.25) is 5.78 Å². The molecule has 2 aromatic carbocycles. The number of carbonyl (C=O) groups is 1. The molecule has 4 aromatic rings. The summed E-state index contributed by atoms with van der Waals surface area (Å²) in [5.41, 5.74) is 11.2. The van der Waals surface area contributed by atoms with Crippen molar-refractivity contribution in [2.75, 3.05) is 5.73 Å². The highest BCUT2D eigenvalue weighted by Crippen LogP contribution is 2.36. The first-order valence-electron chi connectivity index (χ1n) is 11.8. The second-order valence-electron chi connectivity index (χ2n) is 9.89. The number of nitrogens with zero attached hydrogens (tertiary/aromatic N) is 4. The van der Waals surface area contributed by atoms with Crippen LogP contribution in [0, 0.1) is 5.82 Å². The predicted octanol–water partition coefficient (Wildman–Crippen LogP) is 5.64. The van der Waals surface area contributed by atoms with Gasteiger partial charge in [-0.15, -0.1) is 0 Å². The summed E-state index contributed by atoms with van der Waals surface area (Å²) in [6.45, 7) is 5.81. The highest BCUT2D eigenvalue weighted by atomic mass is 19.1. The number of Topliss-reactive ketones (excluding diaryl/α,β-unsaturated/α-hetero) is 1. The number of hydrogen-bond acceptors (Lipinski definition) is 7. The van der Waals surface area contributed by atoms with E-state index >= 15 is 4.39 Å². The van der Waals surface area contributed by atoms with Crippen LogP contribution in [0.25, 0.3) is 11.1 Å². The summed E-state index contributed by atoms with van der Waals surface area (Å²) in [6, 6.07) is 14.5. The number of carbonyl (C=O) groups excluding carboxylic acids is 1. The lowest BCUT2D eigenvalue weighted by Gasteiger charge is -2.10. The van der Waals surface area contributed by atoms with Gasteiger partial charge in [-0.05, 0) is 41.3 Å². The van der Waals surface area contributed by atoms with E-state index < -0.39 is 0 Å². The molecule has 3 heterocycles. The van der Waals surface area contributed by atoms with E-state index in [-0.39, 0.29) is 35.7 Å². The molecule has 0 amide bonds. The maximum Gasteiger partial charge on any atom is 0.294 e. The number of pyridine rings is 1. The van der Waals surface area contributed by atoms with Crippen LogP contribution in [-0.4, -0.2) is 26.6 Å². The predicted molar refractivity (Wildman–Crippen MR) is 136 cm³/mol. The van der Waals surface area contributed by atoms with E-state index in [0.29, 0.717) is 29.3 Å². The third-order valence-electron chi connectivity index (χ3n) is 6.21. The number of aliphatic imine (C=N–C) groups is 1. The van der Waals surface area contributed by atoms with Crippen LogP contribution < -0.4 is 5.73 Å². The van der Waals surface area contributed by atoms with Gasteiger partial charge in [0.1, 0.15) is 5.82 Å². The van der Waals surface area contributed by atoms with Gasteiger partial charge in [-0.25, -0.2) is 14.4 Å². The third kappa shape index (κ3) is 4.54. The summed E-state index contributed by atoms with van der Waals surface area (Å²) in [7, 11) is 0. The molecule has 0 bridgehead atoms. The number of anilines is 1. The number of aryl methyl sites for hydroxylation is 1. The Bertz CT molecular complexity index is 1500. The molecule has 182 valence electrons. The summed E-state index contributed by atoms with van der Waals surface area (Å²) >= 11 is 0. The molecule has 36 heavy (non-hydrogen) atoms. The summed E-state index contributed by atoms with van der Waals surface area (Å²) in [4.78, 5) is 25.8. The molecule has 0 unspecified atom stereocenters. The van der Waals surface area contributed by atoms with Gasteiger partial charge in [-0.1, -0.05) is 56.3 Å². The van der Waals surface area contributed by atoms with E-state index in [1.165, 1.54) is 6.07 Å². The largest absolute Gasteiger partial charge is 0.398 e. The zero-order chi connectivity index (χ0) is 25.4. The van der Waals surface area contributed by atoms with Crippen molar-refractivity contribution in [1.29, 1.82) is 0 Å². The number of rotatable bonds is 6. The molecule has 0 saturated heterocycles. The molecule has 1 aliphatic rings. The van der Waals surface area contributed by atoms with Gasteiger partial charge in [0.05, 0.1) is 5.71 Å². The average molecular weight is 484 g/mol. The quantitative estimate of drug-likeness (QED) is 0.281. The Morgan fingerprint density at radius 1 is 1.11 bits per heavy atom. The molecule has 0 fully saturated rings. The fourth-order valence-corrected chi connectivity index (χ4v) is 4.19. The van der Waals surface area contributed by atoms with Crippen molar-refractivity contribution in [2.45, 2.75) is 45.4 Å². The monoisotopic (exact) mass is 483 g/mol. The molecule has 5 rings (SSSR count). The summed E-state index contributed by atoms with van der Waals surface area (Å²) in [5.74, 6) is 0.360. The number of aromatic nitrogens is 3. The number of halogens is 1. The topological polar surface area (TPSA) is 107 Å². The molecule has 2 aromatic heterocycles. The zero-order valence-electron chi connectivity index (χ0n) is 20.4. The normalized spacial score (nSPS) is 12.9. The van der Waals surface area contributed by atoms with Crippen LogP contribution in [0.15, 0.2) is 64.2 Å². The Morgan fingerprint density at radius 2 is 1.92 bits per heavy atom. The lowest BCUT2D eigenvalue weighted by Crippen LogP contribution is -2.13. The van der Waals surface area contributed by atoms with Gasteiger partial charge in [0.25, 0.3) is 5.89 Å². The van der Waals surface area contributed by atoms with E-state index in [2.05, 4.69) is 20.1 Å². The first kappa shape index (κ1) is 23.5. The van der Waals surface area contributed by atoms with Gasteiger partial charge in [-0.3, -0.25) is 4.79 Å². The molecule has 0 spiro atoms. The van der Waals surface area contributed by atoms with Crippen LogP contribution in [0.3, 0.4) is 0 Å². The SMILES string of the molecule is CC(C)(C)c1noc(C(=O)CCc2ccc(-c3ccnc4c3CC(c3ccccc3N)=N4)cc2F)n1. The fourth-order valence-electron chi connectivity index (χ4n) is 4.19. The summed E-state index contributed by atoms with van der Waals surface area (Å²) in [5, 5.41) is 3.88. The van der Waals surface area contributed by atoms with Gasteiger partial charge < -0.3 is 10.3 Å². The molecule has 7 nitrogen and oxygen atoms in total. The van der Waals surface area contributed by atoms with Crippen molar-refractivity contribution in [2.24, 2.45) is 4.99 Å². The molecular weight excluding hydrogens is 457 g/mol. The molecule has 0 aliphatic carbocycles. The van der Waals surface area contributed by atoms with E-state index in [0.717, 1.165) is 28.0 Å². The van der Waals surface area contributed by atoms with Crippen molar-refractivity contribution in [3.63, 3.8) is 0 Å². The number of ketones is 1. The van der Waals surface area contributed by atoms with Crippen molar-refractivity contribution >= 4 is 23.0 Å². The summed E-state index contributed by atoms with van der Waals surface area (Å²) in [6.07, 6.45) is 2.54. The van der Waals surface area contributed by atoms with Crippen molar-refractivity contribution < 1.29 is 13.7 Å². The first-order valence-corrected chi connectivity index (χ1v) is 11.8. The third-order valence-corrected chi connectivity index (χ3v) is 6.21. The number of nitrogens with two attached hydrogens (primary N) is 1. The molecule has 8 heteroatoms. The number of hydrogen-bond donors (Lipinski definition) is 1. The first-order chi connectivity index (χ1) is 17.2. The van der Waals surface area contributed by atoms with Crippen LogP contribution in [0.5, 0.6) is 0 Å². The van der Waals surface area contributed by atoms with Crippen molar-refractivity contribution in [3.05, 3.63) is 89.0 Å². The van der Waals surface area contributed by atoms with Crippen LogP contribution >= 0.6 is 0 Å². The second kappa shape index (κ2) is 9.11. The molecular formula is C28H26FN5O2. The van der Waals surface area contributed by atoms with Crippen LogP contribution in [0.1, 0.15) is 60.4 Å². The van der Waals surface area contributed by atoms with E-state index in [9.17, 15) is 4.79 Å². The Balaban J connectivity index is 1.32. The second-order valence-corrected chi connectivity index (χ2v) is 9.89. The number of fused-ring (bicyclic) bond motifs is 1. The Labute approximate surface area is 208 Å². The maximum absolute atomic E-state index is 15.1. The average Bonchev–Trinajstić information content (AvgIpc) is 3.51. The fraction of sp³-hybridized carbons (Fsp3) is 0.250. The molecule has 0 radical (unpaired) electrons.